The molecular weight excluding hydrogens is 432 g/mol. The van der Waals surface area contributed by atoms with E-state index in [2.05, 4.69) is 52.3 Å². The minimum absolute atomic E-state index is 0.578. The molecule has 2 saturated heterocycles. The van der Waals surface area contributed by atoms with Gasteiger partial charge in [0.2, 0.25) is 17.8 Å². The Morgan fingerprint density at radius 1 is 0.882 bits per heavy atom. The summed E-state index contributed by atoms with van der Waals surface area (Å²) >= 11 is 0. The molecule has 5 rings (SSSR count). The van der Waals surface area contributed by atoms with Crippen LogP contribution in [0.2, 0.25) is 0 Å². The van der Waals surface area contributed by atoms with Gasteiger partial charge in [0.05, 0.1) is 24.2 Å². The van der Waals surface area contributed by atoms with Gasteiger partial charge in [-0.15, -0.1) is 0 Å². The molecule has 2 aliphatic rings. The third-order valence-electron chi connectivity index (χ3n) is 6.31. The molecule has 2 aromatic heterocycles. The van der Waals surface area contributed by atoms with E-state index in [4.69, 9.17) is 9.72 Å². The number of fused-ring (bicyclic) bond motifs is 1. The number of piperazine rings is 1. The zero-order valence-corrected chi connectivity index (χ0v) is 19.8. The smallest absolute Gasteiger partial charge is 0.232 e. The number of benzene rings is 1. The van der Waals surface area contributed by atoms with E-state index in [1.54, 1.807) is 0 Å². The molecular formula is C23H34N10O. The molecule has 0 bridgehead atoms. The van der Waals surface area contributed by atoms with Crippen LogP contribution in [-0.4, -0.2) is 114 Å². The Morgan fingerprint density at radius 3 is 2.38 bits per heavy atom. The van der Waals surface area contributed by atoms with Gasteiger partial charge in [0.1, 0.15) is 5.82 Å². The Morgan fingerprint density at radius 2 is 1.62 bits per heavy atom. The maximum atomic E-state index is 5.50. The minimum atomic E-state index is 0.578. The van der Waals surface area contributed by atoms with Crippen LogP contribution in [0.4, 0.5) is 17.8 Å². The van der Waals surface area contributed by atoms with E-state index in [0.29, 0.717) is 37.6 Å². The van der Waals surface area contributed by atoms with Gasteiger partial charge >= 0.3 is 0 Å². The number of rotatable bonds is 9. The second kappa shape index (κ2) is 10.9. The van der Waals surface area contributed by atoms with Gasteiger partial charge < -0.3 is 30.2 Å². The quantitative estimate of drug-likeness (QED) is 0.421. The van der Waals surface area contributed by atoms with Crippen LogP contribution in [0.5, 0.6) is 0 Å². The Bertz CT molecular complexity index is 1030. The topological polar surface area (TPSA) is 110 Å². The first kappa shape index (κ1) is 22.8. The molecule has 1 aromatic carbocycles. The van der Waals surface area contributed by atoms with Gasteiger partial charge in [0, 0.05) is 65.3 Å². The molecule has 0 saturated carbocycles. The lowest BCUT2D eigenvalue weighted by atomic mass is 10.3. The summed E-state index contributed by atoms with van der Waals surface area (Å²) in [6.45, 7) is 9.82. The fraction of sp³-hybridized carbons (Fsp3) is 0.565. The van der Waals surface area contributed by atoms with E-state index in [-0.39, 0.29) is 0 Å². The van der Waals surface area contributed by atoms with E-state index >= 15 is 0 Å². The lowest BCUT2D eigenvalue weighted by Gasteiger charge is -2.32. The second-order valence-corrected chi connectivity index (χ2v) is 8.83. The number of hydrogen-bond donors (Lipinski definition) is 3. The van der Waals surface area contributed by atoms with Gasteiger partial charge in [0.15, 0.2) is 0 Å². The van der Waals surface area contributed by atoms with E-state index < -0.39 is 0 Å². The molecule has 182 valence electrons. The van der Waals surface area contributed by atoms with Crippen molar-refractivity contribution in [3.63, 3.8) is 0 Å². The lowest BCUT2D eigenvalue weighted by molar-refractivity contribution is 0.122. The molecule has 2 fully saturated rings. The van der Waals surface area contributed by atoms with E-state index in [9.17, 15) is 0 Å². The molecule has 0 amide bonds. The molecule has 11 nitrogen and oxygen atoms in total. The van der Waals surface area contributed by atoms with Crippen LogP contribution in [-0.2, 0) is 11.2 Å². The molecule has 11 heteroatoms. The number of hydrogen-bond acceptors (Lipinski definition) is 10. The van der Waals surface area contributed by atoms with E-state index in [1.807, 2.05) is 24.3 Å². The van der Waals surface area contributed by atoms with Crippen molar-refractivity contribution in [1.82, 2.24) is 34.7 Å². The number of likely N-dealkylation sites (N-methyl/N-ethyl adjacent to an activating group) is 1. The normalized spacial score (nSPS) is 17.9. The zero-order valence-electron chi connectivity index (χ0n) is 19.8. The molecule has 0 aliphatic carbocycles. The number of aromatic nitrogens is 5. The molecule has 34 heavy (non-hydrogen) atoms. The Labute approximate surface area is 199 Å². The number of anilines is 3. The monoisotopic (exact) mass is 466 g/mol. The van der Waals surface area contributed by atoms with Crippen LogP contribution < -0.4 is 15.5 Å². The predicted octanol–water partition coefficient (Wildman–Crippen LogP) is 0.898. The highest BCUT2D eigenvalue weighted by Crippen LogP contribution is 2.16. The SMILES string of the molecule is CN1CCN(CCNc2nc(NCCc3nc4ccccc4[nH]3)nc(N3CCOCC3)n2)CC1. The molecule has 4 heterocycles. The second-order valence-electron chi connectivity index (χ2n) is 8.83. The molecule has 0 radical (unpaired) electrons. The number of para-hydroxylation sites is 2. The Kier molecular flexibility index (Phi) is 7.32. The fourth-order valence-corrected chi connectivity index (χ4v) is 4.24. The summed E-state index contributed by atoms with van der Waals surface area (Å²) in [5.41, 5.74) is 2.04. The molecule has 0 atom stereocenters. The van der Waals surface area contributed by atoms with Gasteiger partial charge in [0.25, 0.3) is 0 Å². The average molecular weight is 467 g/mol. The summed E-state index contributed by atoms with van der Waals surface area (Å²) in [6.07, 6.45) is 0.749. The van der Waals surface area contributed by atoms with Gasteiger partial charge in [-0.1, -0.05) is 12.1 Å². The van der Waals surface area contributed by atoms with Crippen LogP contribution in [0.15, 0.2) is 24.3 Å². The maximum absolute atomic E-state index is 5.50. The van der Waals surface area contributed by atoms with Crippen LogP contribution in [0.25, 0.3) is 11.0 Å². The van der Waals surface area contributed by atoms with E-state index in [1.165, 1.54) is 0 Å². The van der Waals surface area contributed by atoms with Gasteiger partial charge in [-0.3, -0.25) is 4.90 Å². The van der Waals surface area contributed by atoms with Crippen molar-refractivity contribution in [2.45, 2.75) is 6.42 Å². The highest BCUT2D eigenvalue weighted by Gasteiger charge is 2.17. The van der Waals surface area contributed by atoms with Crippen molar-refractivity contribution in [3.8, 4) is 0 Å². The number of imidazole rings is 1. The maximum Gasteiger partial charge on any atom is 0.232 e. The third kappa shape index (κ3) is 5.91. The predicted molar refractivity (Wildman–Crippen MR) is 134 cm³/mol. The average Bonchev–Trinajstić information content (AvgIpc) is 3.29. The fourth-order valence-electron chi connectivity index (χ4n) is 4.24. The van der Waals surface area contributed by atoms with Crippen LogP contribution in [0.1, 0.15) is 5.82 Å². The van der Waals surface area contributed by atoms with E-state index in [0.717, 1.165) is 75.6 Å². The molecule has 0 spiro atoms. The molecule has 0 unspecified atom stereocenters. The number of ether oxygens (including phenoxy) is 1. The van der Waals surface area contributed by atoms with Crippen molar-refractivity contribution < 1.29 is 4.74 Å². The molecule has 3 N–H and O–H groups in total. The summed E-state index contributed by atoms with van der Waals surface area (Å²) in [6, 6.07) is 8.07. The van der Waals surface area contributed by atoms with Crippen LogP contribution >= 0.6 is 0 Å². The van der Waals surface area contributed by atoms with Gasteiger partial charge in [-0.2, -0.15) is 15.0 Å². The first-order valence-corrected chi connectivity index (χ1v) is 12.1. The number of nitrogens with zero attached hydrogens (tertiary/aromatic N) is 7. The zero-order chi connectivity index (χ0) is 23.2. The van der Waals surface area contributed by atoms with Crippen LogP contribution in [0, 0.1) is 0 Å². The lowest BCUT2D eigenvalue weighted by Crippen LogP contribution is -2.45. The first-order valence-electron chi connectivity index (χ1n) is 12.1. The van der Waals surface area contributed by atoms with Crippen LogP contribution in [0.3, 0.4) is 0 Å². The summed E-state index contributed by atoms with van der Waals surface area (Å²) < 4.78 is 5.50. The van der Waals surface area contributed by atoms with Crippen molar-refractivity contribution in [1.29, 1.82) is 0 Å². The highest BCUT2D eigenvalue weighted by molar-refractivity contribution is 5.74. The number of aromatic amines is 1. The summed E-state index contributed by atoms with van der Waals surface area (Å²) in [7, 11) is 2.18. The van der Waals surface area contributed by atoms with Gasteiger partial charge in [-0.25, -0.2) is 4.98 Å². The van der Waals surface area contributed by atoms with Crippen molar-refractivity contribution in [2.75, 3.05) is 94.7 Å². The summed E-state index contributed by atoms with van der Waals surface area (Å²) in [5.74, 6) is 2.82. The number of morpholine rings is 1. The highest BCUT2D eigenvalue weighted by atomic mass is 16.5. The largest absolute Gasteiger partial charge is 0.378 e. The minimum Gasteiger partial charge on any atom is -0.378 e. The standard InChI is InChI=1S/C23H34N10O/c1-31-10-12-32(13-11-31)9-8-25-22-28-21(29-23(30-22)33-14-16-34-17-15-33)24-7-6-20-26-18-4-2-3-5-19(18)27-20/h2-5H,6-17H2,1H3,(H,26,27)(H2,24,25,28,29,30). The van der Waals surface area contributed by atoms with Crippen molar-refractivity contribution >= 4 is 28.9 Å². The third-order valence-corrected chi connectivity index (χ3v) is 6.31. The summed E-state index contributed by atoms with van der Waals surface area (Å²) in [4.78, 5) is 29.0. The van der Waals surface area contributed by atoms with Crippen molar-refractivity contribution in [3.05, 3.63) is 30.1 Å². The molecule has 3 aromatic rings. The van der Waals surface area contributed by atoms with Gasteiger partial charge in [-0.05, 0) is 19.2 Å². The molecule has 2 aliphatic heterocycles. The number of nitrogens with one attached hydrogen (secondary N) is 3. The first-order chi connectivity index (χ1) is 16.7. The Balaban J connectivity index is 1.21. The Hall–Kier alpha value is -3.02. The summed E-state index contributed by atoms with van der Waals surface area (Å²) in [5, 5.41) is 6.78. The van der Waals surface area contributed by atoms with Crippen molar-refractivity contribution in [2.24, 2.45) is 0 Å². The number of H-pyrrole nitrogens is 1.